The fourth-order valence-corrected chi connectivity index (χ4v) is 2.42. The lowest BCUT2D eigenvalue weighted by atomic mass is 9.93. The average Bonchev–Trinajstić information content (AvgIpc) is 2.49. The molecule has 1 heterocycles. The molecule has 5 nitrogen and oxygen atoms in total. The van der Waals surface area contributed by atoms with Gasteiger partial charge >= 0.3 is 0 Å². The van der Waals surface area contributed by atoms with Crippen LogP contribution in [0.5, 0.6) is 5.75 Å². The SMILES string of the molecule is COc1ccc(Nc2cc(F)cc(F)c2)nc1C(=O)NC1CCC1. The zero-order chi connectivity index (χ0) is 17.1. The predicted octanol–water partition coefficient (Wildman–Crippen LogP) is 3.39. The molecular formula is C17H17F2N3O2. The average molecular weight is 333 g/mol. The van der Waals surface area contributed by atoms with Gasteiger partial charge in [0.15, 0.2) is 5.69 Å². The van der Waals surface area contributed by atoms with Gasteiger partial charge in [-0.3, -0.25) is 4.79 Å². The Kier molecular flexibility index (Phi) is 4.59. The summed E-state index contributed by atoms with van der Waals surface area (Å²) in [7, 11) is 1.45. The topological polar surface area (TPSA) is 63.2 Å². The lowest BCUT2D eigenvalue weighted by Crippen LogP contribution is -2.40. The zero-order valence-corrected chi connectivity index (χ0v) is 13.1. The summed E-state index contributed by atoms with van der Waals surface area (Å²) < 4.78 is 31.7. The number of nitrogens with one attached hydrogen (secondary N) is 2. The summed E-state index contributed by atoms with van der Waals surface area (Å²) in [5.74, 6) is -1.10. The van der Waals surface area contributed by atoms with E-state index in [1.807, 2.05) is 0 Å². The summed E-state index contributed by atoms with van der Waals surface area (Å²) in [5.41, 5.74) is 0.335. The van der Waals surface area contributed by atoms with Gasteiger partial charge in [-0.25, -0.2) is 13.8 Å². The van der Waals surface area contributed by atoms with Gasteiger partial charge < -0.3 is 15.4 Å². The van der Waals surface area contributed by atoms with E-state index in [4.69, 9.17) is 4.74 Å². The number of amides is 1. The molecule has 0 bridgehead atoms. The molecule has 0 aliphatic heterocycles. The molecule has 0 saturated heterocycles. The Morgan fingerprint density at radius 1 is 1.21 bits per heavy atom. The largest absolute Gasteiger partial charge is 0.494 e. The minimum atomic E-state index is -0.700. The highest BCUT2D eigenvalue weighted by atomic mass is 19.1. The molecule has 1 amide bonds. The highest BCUT2D eigenvalue weighted by Crippen LogP contribution is 2.24. The highest BCUT2D eigenvalue weighted by molar-refractivity contribution is 5.95. The van der Waals surface area contributed by atoms with E-state index in [0.29, 0.717) is 11.6 Å². The van der Waals surface area contributed by atoms with Gasteiger partial charge in [-0.15, -0.1) is 0 Å². The van der Waals surface area contributed by atoms with E-state index in [0.717, 1.165) is 37.5 Å². The quantitative estimate of drug-likeness (QED) is 0.880. The van der Waals surface area contributed by atoms with Crippen molar-refractivity contribution in [2.75, 3.05) is 12.4 Å². The van der Waals surface area contributed by atoms with Crippen molar-refractivity contribution in [2.24, 2.45) is 0 Å². The van der Waals surface area contributed by atoms with Gasteiger partial charge in [0.2, 0.25) is 0 Å². The molecule has 0 radical (unpaired) electrons. The first-order valence-corrected chi connectivity index (χ1v) is 7.64. The molecule has 24 heavy (non-hydrogen) atoms. The molecule has 1 aliphatic rings. The van der Waals surface area contributed by atoms with E-state index in [9.17, 15) is 13.6 Å². The summed E-state index contributed by atoms with van der Waals surface area (Å²) >= 11 is 0. The minimum absolute atomic E-state index is 0.131. The van der Waals surface area contributed by atoms with Gasteiger partial charge in [-0.1, -0.05) is 0 Å². The van der Waals surface area contributed by atoms with Crippen molar-refractivity contribution in [3.05, 3.63) is 47.7 Å². The van der Waals surface area contributed by atoms with Crippen molar-refractivity contribution < 1.29 is 18.3 Å². The molecule has 0 spiro atoms. The number of methoxy groups -OCH3 is 1. The molecule has 1 fully saturated rings. The Bertz CT molecular complexity index is 743. The number of rotatable bonds is 5. The lowest BCUT2D eigenvalue weighted by Gasteiger charge is -2.26. The maximum absolute atomic E-state index is 13.3. The zero-order valence-electron chi connectivity index (χ0n) is 13.1. The van der Waals surface area contributed by atoms with E-state index >= 15 is 0 Å². The van der Waals surface area contributed by atoms with E-state index in [1.165, 1.54) is 7.11 Å². The monoisotopic (exact) mass is 333 g/mol. The molecule has 1 aromatic heterocycles. The second-order valence-electron chi connectivity index (χ2n) is 5.63. The van der Waals surface area contributed by atoms with Crippen LogP contribution in [0.1, 0.15) is 29.8 Å². The van der Waals surface area contributed by atoms with E-state index in [1.54, 1.807) is 12.1 Å². The van der Waals surface area contributed by atoms with Crippen LogP contribution in [0.4, 0.5) is 20.3 Å². The van der Waals surface area contributed by atoms with E-state index in [-0.39, 0.29) is 23.3 Å². The molecule has 7 heteroatoms. The molecule has 1 saturated carbocycles. The van der Waals surface area contributed by atoms with Crippen LogP contribution in [0.2, 0.25) is 0 Å². The Morgan fingerprint density at radius 2 is 1.92 bits per heavy atom. The third kappa shape index (κ3) is 3.61. The Labute approximate surface area is 138 Å². The van der Waals surface area contributed by atoms with Crippen molar-refractivity contribution in [3.63, 3.8) is 0 Å². The van der Waals surface area contributed by atoms with Crippen LogP contribution < -0.4 is 15.4 Å². The van der Waals surface area contributed by atoms with E-state index < -0.39 is 11.6 Å². The molecule has 0 atom stereocenters. The first-order chi connectivity index (χ1) is 11.5. The molecule has 1 aliphatic carbocycles. The Morgan fingerprint density at radius 3 is 2.50 bits per heavy atom. The van der Waals surface area contributed by atoms with E-state index in [2.05, 4.69) is 15.6 Å². The normalized spacial score (nSPS) is 14.0. The highest BCUT2D eigenvalue weighted by Gasteiger charge is 2.23. The predicted molar refractivity (Wildman–Crippen MR) is 85.5 cm³/mol. The number of aromatic nitrogens is 1. The third-order valence-electron chi connectivity index (χ3n) is 3.87. The summed E-state index contributed by atoms with van der Waals surface area (Å²) in [5, 5.41) is 5.67. The molecular weight excluding hydrogens is 316 g/mol. The van der Waals surface area contributed by atoms with Gasteiger partial charge in [0.05, 0.1) is 7.11 Å². The number of hydrogen-bond donors (Lipinski definition) is 2. The molecule has 3 rings (SSSR count). The number of carbonyl (C=O) groups excluding carboxylic acids is 1. The summed E-state index contributed by atoms with van der Waals surface area (Å²) in [6.45, 7) is 0. The summed E-state index contributed by atoms with van der Waals surface area (Å²) in [6.07, 6.45) is 3.01. The fraction of sp³-hybridized carbons (Fsp3) is 0.294. The van der Waals surface area contributed by atoms with Gasteiger partial charge in [0, 0.05) is 17.8 Å². The van der Waals surface area contributed by atoms with Crippen LogP contribution in [0.3, 0.4) is 0 Å². The molecule has 2 aromatic rings. The number of benzene rings is 1. The number of hydrogen-bond acceptors (Lipinski definition) is 4. The van der Waals surface area contributed by atoms with Crippen molar-refractivity contribution in [1.29, 1.82) is 0 Å². The van der Waals surface area contributed by atoms with Crippen molar-refractivity contribution in [1.82, 2.24) is 10.3 Å². The number of ether oxygens (including phenoxy) is 1. The lowest BCUT2D eigenvalue weighted by molar-refractivity contribution is 0.0908. The van der Waals surface area contributed by atoms with Crippen LogP contribution in [-0.2, 0) is 0 Å². The number of pyridine rings is 1. The number of carbonyl (C=O) groups is 1. The van der Waals surface area contributed by atoms with Crippen LogP contribution in [0.25, 0.3) is 0 Å². The Hall–Kier alpha value is -2.70. The smallest absolute Gasteiger partial charge is 0.274 e. The van der Waals surface area contributed by atoms with Crippen molar-refractivity contribution in [2.45, 2.75) is 25.3 Å². The molecule has 126 valence electrons. The minimum Gasteiger partial charge on any atom is -0.494 e. The van der Waals surface area contributed by atoms with Gasteiger partial charge in [-0.2, -0.15) is 0 Å². The van der Waals surface area contributed by atoms with Crippen LogP contribution in [0, 0.1) is 11.6 Å². The fourth-order valence-electron chi connectivity index (χ4n) is 2.42. The maximum Gasteiger partial charge on any atom is 0.274 e. The van der Waals surface area contributed by atoms with Crippen molar-refractivity contribution >= 4 is 17.4 Å². The Balaban J connectivity index is 1.83. The van der Waals surface area contributed by atoms with Crippen LogP contribution in [-0.4, -0.2) is 24.0 Å². The maximum atomic E-state index is 13.3. The number of halogens is 2. The summed E-state index contributed by atoms with van der Waals surface area (Å²) in [6, 6.07) is 6.39. The van der Waals surface area contributed by atoms with Gasteiger partial charge in [0.25, 0.3) is 5.91 Å². The van der Waals surface area contributed by atoms with Crippen molar-refractivity contribution in [3.8, 4) is 5.75 Å². The second-order valence-corrected chi connectivity index (χ2v) is 5.63. The van der Waals surface area contributed by atoms with Gasteiger partial charge in [-0.05, 0) is 43.5 Å². The second kappa shape index (κ2) is 6.82. The van der Waals surface area contributed by atoms with Crippen LogP contribution in [0.15, 0.2) is 30.3 Å². The number of nitrogens with zero attached hydrogens (tertiary/aromatic N) is 1. The molecule has 0 unspecified atom stereocenters. The number of anilines is 2. The van der Waals surface area contributed by atoms with Gasteiger partial charge in [0.1, 0.15) is 23.2 Å². The third-order valence-corrected chi connectivity index (χ3v) is 3.87. The molecule has 1 aromatic carbocycles. The first kappa shape index (κ1) is 16.2. The molecule has 2 N–H and O–H groups in total. The summed E-state index contributed by atoms with van der Waals surface area (Å²) in [4.78, 5) is 16.6. The standard InChI is InChI=1S/C17H17F2N3O2/c1-24-14-5-6-15(20-13-8-10(18)7-11(19)9-13)22-16(14)17(23)21-12-3-2-4-12/h5-9,12H,2-4H2,1H3,(H,20,22)(H,21,23). The first-order valence-electron chi connectivity index (χ1n) is 7.64. The van der Waals surface area contributed by atoms with Crippen LogP contribution >= 0.6 is 0 Å².